The lowest BCUT2D eigenvalue weighted by Gasteiger charge is -2.48. The summed E-state index contributed by atoms with van der Waals surface area (Å²) in [7, 11) is 1.63. The molecule has 4 nitrogen and oxygen atoms in total. The predicted octanol–water partition coefficient (Wildman–Crippen LogP) is 3.60. The minimum absolute atomic E-state index is 0.0206. The van der Waals surface area contributed by atoms with Gasteiger partial charge in [0.1, 0.15) is 11.5 Å². The number of amides is 1. The van der Waals surface area contributed by atoms with Gasteiger partial charge in [0.05, 0.1) is 13.2 Å². The van der Waals surface area contributed by atoms with E-state index in [-0.39, 0.29) is 17.9 Å². The van der Waals surface area contributed by atoms with Gasteiger partial charge in [0.25, 0.3) is 5.91 Å². The summed E-state index contributed by atoms with van der Waals surface area (Å²) in [6.07, 6.45) is 7.75. The van der Waals surface area contributed by atoms with Crippen LogP contribution in [0.3, 0.4) is 0 Å². The summed E-state index contributed by atoms with van der Waals surface area (Å²) < 4.78 is 11.2. The zero-order valence-electron chi connectivity index (χ0n) is 13.9. The van der Waals surface area contributed by atoms with Gasteiger partial charge < -0.3 is 14.4 Å². The topological polar surface area (TPSA) is 38.8 Å². The quantitative estimate of drug-likeness (QED) is 0.785. The molecule has 126 valence electrons. The maximum Gasteiger partial charge on any atom is 0.270 e. The highest BCUT2D eigenvalue weighted by molar-refractivity contribution is 6.05. The molecule has 1 fully saturated rings. The van der Waals surface area contributed by atoms with Crippen LogP contribution in [0.15, 0.2) is 78.9 Å². The number of para-hydroxylation sites is 1. The Kier molecular flexibility index (Phi) is 4.02. The van der Waals surface area contributed by atoms with Crippen LogP contribution in [0, 0.1) is 5.92 Å². The van der Waals surface area contributed by atoms with Crippen molar-refractivity contribution in [3.63, 3.8) is 0 Å². The molecule has 2 unspecified atom stereocenters. The highest BCUT2D eigenvalue weighted by atomic mass is 16.5. The number of rotatable bonds is 5. The molecule has 0 saturated carbocycles. The van der Waals surface area contributed by atoms with Crippen LogP contribution < -0.4 is 14.4 Å². The number of hydrogen-bond donors (Lipinski definition) is 0. The third-order valence-corrected chi connectivity index (χ3v) is 4.62. The lowest BCUT2D eigenvalue weighted by Crippen LogP contribution is -2.69. The lowest BCUT2D eigenvalue weighted by atomic mass is 9.85. The summed E-state index contributed by atoms with van der Waals surface area (Å²) in [5.41, 5.74) is 0.859. The lowest BCUT2D eigenvalue weighted by molar-refractivity contribution is -0.135. The summed E-state index contributed by atoms with van der Waals surface area (Å²) in [5, 5.41) is 0. The number of ether oxygens (including phenoxy) is 2. The van der Waals surface area contributed by atoms with E-state index < -0.39 is 6.10 Å². The molecule has 2 atom stereocenters. The fourth-order valence-electron chi connectivity index (χ4n) is 3.34. The van der Waals surface area contributed by atoms with Gasteiger partial charge in [-0.25, -0.2) is 0 Å². The third-order valence-electron chi connectivity index (χ3n) is 4.62. The molecular weight excluding hydrogens is 314 g/mol. The molecule has 25 heavy (non-hydrogen) atoms. The number of methoxy groups -OCH3 is 1. The van der Waals surface area contributed by atoms with Crippen LogP contribution in [-0.4, -0.2) is 25.2 Å². The van der Waals surface area contributed by atoms with E-state index in [4.69, 9.17) is 9.47 Å². The Morgan fingerprint density at radius 2 is 1.56 bits per heavy atom. The van der Waals surface area contributed by atoms with Gasteiger partial charge in [-0.05, 0) is 36.4 Å². The SMILES string of the molecule is COc1ccc(N2C(=O)C(Oc3ccccc3)C2C2C=CC=C2)cc1. The summed E-state index contributed by atoms with van der Waals surface area (Å²) in [5.74, 6) is 1.61. The number of nitrogens with zero attached hydrogens (tertiary/aromatic N) is 1. The molecule has 0 N–H and O–H groups in total. The second-order valence-electron chi connectivity index (χ2n) is 6.10. The van der Waals surface area contributed by atoms with Crippen molar-refractivity contribution in [3.05, 3.63) is 78.9 Å². The normalized spacial score (nSPS) is 22.1. The summed E-state index contributed by atoms with van der Waals surface area (Å²) in [6, 6.07) is 17.0. The molecule has 1 heterocycles. The van der Waals surface area contributed by atoms with Gasteiger partial charge in [-0.2, -0.15) is 0 Å². The number of benzene rings is 2. The Labute approximate surface area is 147 Å². The number of allylic oxidation sites excluding steroid dienone is 2. The Morgan fingerprint density at radius 3 is 2.20 bits per heavy atom. The fourth-order valence-corrected chi connectivity index (χ4v) is 3.34. The predicted molar refractivity (Wildman–Crippen MR) is 96.9 cm³/mol. The van der Waals surface area contributed by atoms with Gasteiger partial charge >= 0.3 is 0 Å². The molecule has 1 aliphatic heterocycles. The summed E-state index contributed by atoms with van der Waals surface area (Å²) in [4.78, 5) is 14.6. The van der Waals surface area contributed by atoms with Crippen molar-refractivity contribution < 1.29 is 14.3 Å². The minimum Gasteiger partial charge on any atom is -0.497 e. The van der Waals surface area contributed by atoms with Crippen molar-refractivity contribution in [2.45, 2.75) is 12.1 Å². The Hall–Kier alpha value is -3.01. The molecule has 0 radical (unpaired) electrons. The fraction of sp³-hybridized carbons (Fsp3) is 0.190. The van der Waals surface area contributed by atoms with E-state index in [1.807, 2.05) is 71.6 Å². The molecule has 2 aromatic carbocycles. The van der Waals surface area contributed by atoms with Crippen LogP contribution in [0.1, 0.15) is 0 Å². The zero-order chi connectivity index (χ0) is 17.2. The largest absolute Gasteiger partial charge is 0.497 e. The minimum atomic E-state index is -0.484. The highest BCUT2D eigenvalue weighted by Gasteiger charge is 2.52. The first kappa shape index (κ1) is 15.5. The van der Waals surface area contributed by atoms with E-state index in [9.17, 15) is 4.79 Å². The molecule has 0 spiro atoms. The second-order valence-corrected chi connectivity index (χ2v) is 6.10. The number of carbonyl (C=O) groups excluding carboxylic acids is 1. The first-order valence-electron chi connectivity index (χ1n) is 8.32. The van der Waals surface area contributed by atoms with E-state index in [2.05, 4.69) is 12.2 Å². The Balaban J connectivity index is 1.61. The molecular formula is C21H19NO3. The van der Waals surface area contributed by atoms with Crippen LogP contribution in [-0.2, 0) is 4.79 Å². The first-order chi connectivity index (χ1) is 12.3. The van der Waals surface area contributed by atoms with Crippen molar-refractivity contribution in [3.8, 4) is 11.5 Å². The molecule has 4 rings (SSSR count). The van der Waals surface area contributed by atoms with E-state index in [0.29, 0.717) is 5.75 Å². The van der Waals surface area contributed by atoms with Crippen molar-refractivity contribution in [1.29, 1.82) is 0 Å². The summed E-state index contributed by atoms with van der Waals surface area (Å²) >= 11 is 0. The number of β-lactam (4-membered cyclic amide) rings is 1. The van der Waals surface area contributed by atoms with E-state index in [1.165, 1.54) is 0 Å². The van der Waals surface area contributed by atoms with E-state index in [0.717, 1.165) is 11.4 Å². The van der Waals surface area contributed by atoms with Crippen LogP contribution in [0.4, 0.5) is 5.69 Å². The second kappa shape index (κ2) is 6.48. The third kappa shape index (κ3) is 2.80. The van der Waals surface area contributed by atoms with Crippen molar-refractivity contribution in [2.75, 3.05) is 12.0 Å². The maximum atomic E-state index is 12.8. The highest BCUT2D eigenvalue weighted by Crippen LogP contribution is 2.37. The molecule has 1 aliphatic carbocycles. The molecule has 0 bridgehead atoms. The number of carbonyl (C=O) groups is 1. The van der Waals surface area contributed by atoms with Gasteiger partial charge in [-0.3, -0.25) is 4.79 Å². The van der Waals surface area contributed by atoms with Gasteiger partial charge in [-0.15, -0.1) is 0 Å². The van der Waals surface area contributed by atoms with Gasteiger partial charge in [0.2, 0.25) is 0 Å². The zero-order valence-corrected chi connectivity index (χ0v) is 13.9. The first-order valence-corrected chi connectivity index (χ1v) is 8.32. The van der Waals surface area contributed by atoms with Gasteiger partial charge in [0.15, 0.2) is 6.10 Å². The maximum absolute atomic E-state index is 12.8. The average Bonchev–Trinajstić information content (AvgIpc) is 3.19. The van der Waals surface area contributed by atoms with Crippen molar-refractivity contribution >= 4 is 11.6 Å². The molecule has 1 saturated heterocycles. The molecule has 2 aliphatic rings. The molecule has 4 heteroatoms. The monoisotopic (exact) mass is 333 g/mol. The Bertz CT molecular complexity index is 799. The van der Waals surface area contributed by atoms with Crippen molar-refractivity contribution in [2.24, 2.45) is 5.92 Å². The van der Waals surface area contributed by atoms with Crippen LogP contribution in [0.25, 0.3) is 0 Å². The average molecular weight is 333 g/mol. The smallest absolute Gasteiger partial charge is 0.270 e. The van der Waals surface area contributed by atoms with Crippen LogP contribution >= 0.6 is 0 Å². The number of hydrogen-bond acceptors (Lipinski definition) is 3. The van der Waals surface area contributed by atoms with Crippen LogP contribution in [0.5, 0.6) is 11.5 Å². The van der Waals surface area contributed by atoms with Gasteiger partial charge in [0, 0.05) is 11.6 Å². The van der Waals surface area contributed by atoms with Crippen LogP contribution in [0.2, 0.25) is 0 Å². The van der Waals surface area contributed by atoms with Gasteiger partial charge in [-0.1, -0.05) is 42.5 Å². The Morgan fingerprint density at radius 1 is 0.880 bits per heavy atom. The standard InChI is InChI=1S/C21H19NO3/c1-24-17-13-11-16(12-14-17)22-19(15-7-5-6-8-15)20(21(22)23)25-18-9-3-2-4-10-18/h2-15,19-20H,1H3. The molecule has 0 aromatic heterocycles. The van der Waals surface area contributed by atoms with E-state index in [1.54, 1.807) is 7.11 Å². The molecule has 2 aromatic rings. The van der Waals surface area contributed by atoms with Crippen molar-refractivity contribution in [1.82, 2.24) is 0 Å². The summed E-state index contributed by atoms with van der Waals surface area (Å²) in [6.45, 7) is 0. The van der Waals surface area contributed by atoms with E-state index >= 15 is 0 Å². The number of anilines is 1. The molecule has 1 amide bonds.